The van der Waals surface area contributed by atoms with Crippen LogP contribution in [0.3, 0.4) is 0 Å². The van der Waals surface area contributed by atoms with E-state index in [1.54, 1.807) is 0 Å². The van der Waals surface area contributed by atoms with Gasteiger partial charge in [0.25, 0.3) is 0 Å². The third kappa shape index (κ3) is 5.15. The summed E-state index contributed by atoms with van der Waals surface area (Å²) in [6, 6.07) is 80.2. The summed E-state index contributed by atoms with van der Waals surface area (Å²) in [6.45, 7) is 0. The van der Waals surface area contributed by atoms with Crippen molar-refractivity contribution in [2.24, 2.45) is 0 Å². The van der Waals surface area contributed by atoms with Gasteiger partial charge in [-0.25, -0.2) is 0 Å². The van der Waals surface area contributed by atoms with Crippen LogP contribution in [0.15, 0.2) is 223 Å². The monoisotopic (exact) mass is 840 g/mol. The predicted molar refractivity (Wildman–Crippen MR) is 272 cm³/mol. The van der Waals surface area contributed by atoms with Crippen molar-refractivity contribution in [1.82, 2.24) is 13.7 Å². The molecule has 14 aromatic rings. The van der Waals surface area contributed by atoms with Crippen LogP contribution in [0.5, 0.6) is 0 Å². The predicted octanol–water partition coefficient (Wildman–Crippen LogP) is 16.1. The Kier molecular flexibility index (Phi) is 7.69. The number of rotatable bonds is 5. The topological polar surface area (TPSA) is 51.7 Å². The second-order valence-corrected chi connectivity index (χ2v) is 17.2. The van der Waals surface area contributed by atoms with Crippen molar-refractivity contribution >= 4 is 87.4 Å². The highest BCUT2D eigenvalue weighted by Crippen LogP contribution is 2.45. The average Bonchev–Trinajstić information content (AvgIpc) is 4.12. The van der Waals surface area contributed by atoms with E-state index in [1.165, 1.54) is 32.6 Å². The van der Waals surface area contributed by atoms with E-state index in [0.29, 0.717) is 5.56 Å². The van der Waals surface area contributed by atoms with Gasteiger partial charge in [0.2, 0.25) is 0 Å². The number of nitriles is 1. The van der Waals surface area contributed by atoms with E-state index in [0.717, 1.165) is 94.1 Å². The van der Waals surface area contributed by atoms with Gasteiger partial charge in [-0.2, -0.15) is 5.26 Å². The summed E-state index contributed by atoms with van der Waals surface area (Å²) in [5, 5.41) is 19.7. The van der Waals surface area contributed by atoms with Crippen molar-refractivity contribution in [3.05, 3.63) is 224 Å². The van der Waals surface area contributed by atoms with Crippen molar-refractivity contribution in [2.45, 2.75) is 0 Å². The minimum atomic E-state index is 0.636. The summed E-state index contributed by atoms with van der Waals surface area (Å²) in [6.07, 6.45) is 0. The highest BCUT2D eigenvalue weighted by Gasteiger charge is 2.24. The molecule has 306 valence electrons. The van der Waals surface area contributed by atoms with Crippen LogP contribution in [0.2, 0.25) is 0 Å². The summed E-state index contributed by atoms with van der Waals surface area (Å²) in [7, 11) is 0. The largest absolute Gasteiger partial charge is 0.456 e. The molecule has 5 heteroatoms. The Balaban J connectivity index is 1.10. The molecule has 14 rings (SSSR count). The molecule has 0 amide bonds. The molecule has 4 aromatic heterocycles. The molecule has 0 N–H and O–H groups in total. The van der Waals surface area contributed by atoms with Gasteiger partial charge in [0, 0.05) is 71.7 Å². The Morgan fingerprint density at radius 1 is 0.348 bits per heavy atom. The van der Waals surface area contributed by atoms with Crippen LogP contribution < -0.4 is 0 Å². The molecule has 0 atom stereocenters. The van der Waals surface area contributed by atoms with Gasteiger partial charge < -0.3 is 18.1 Å². The van der Waals surface area contributed by atoms with Crippen molar-refractivity contribution < 1.29 is 4.42 Å². The zero-order chi connectivity index (χ0) is 43.5. The molecule has 10 aromatic carbocycles. The van der Waals surface area contributed by atoms with Crippen LogP contribution in [-0.2, 0) is 0 Å². The normalized spacial score (nSPS) is 11.9. The van der Waals surface area contributed by atoms with Crippen molar-refractivity contribution in [3.63, 3.8) is 0 Å². The van der Waals surface area contributed by atoms with E-state index in [-0.39, 0.29) is 0 Å². The van der Waals surface area contributed by atoms with E-state index in [1.807, 2.05) is 36.4 Å². The summed E-state index contributed by atoms with van der Waals surface area (Å²) >= 11 is 0. The first-order valence-corrected chi connectivity index (χ1v) is 22.3. The van der Waals surface area contributed by atoms with E-state index in [4.69, 9.17) is 4.42 Å². The molecule has 0 bridgehead atoms. The minimum Gasteiger partial charge on any atom is -0.456 e. The lowest BCUT2D eigenvalue weighted by Gasteiger charge is -2.18. The SMILES string of the molecule is N#Cc1ccc(-c2ccc(-n3c4ccccc4c4c3ccc3c5ccccc5n(-c5ccccc5)c34)cc2-n2c3ccccc3c3cc4c(cc32)oc2ccccc24)cc1-c1ccccc1. The maximum Gasteiger partial charge on any atom is 0.137 e. The van der Waals surface area contributed by atoms with E-state index in [2.05, 4.69) is 202 Å². The number of fused-ring (bicyclic) bond motifs is 13. The maximum absolute atomic E-state index is 10.4. The van der Waals surface area contributed by atoms with Crippen LogP contribution in [0, 0.1) is 11.3 Å². The Morgan fingerprint density at radius 2 is 1.00 bits per heavy atom. The Hall–Kier alpha value is -9.11. The minimum absolute atomic E-state index is 0.636. The number of hydrogen-bond donors (Lipinski definition) is 0. The summed E-state index contributed by atoms with van der Waals surface area (Å²) in [4.78, 5) is 0. The third-order valence-electron chi connectivity index (χ3n) is 13.7. The highest BCUT2D eigenvalue weighted by atomic mass is 16.3. The Morgan fingerprint density at radius 3 is 1.77 bits per heavy atom. The molecule has 0 fully saturated rings. The second kappa shape index (κ2) is 13.9. The molecule has 0 unspecified atom stereocenters. The molecule has 4 heterocycles. The molecule has 0 saturated carbocycles. The molecule has 0 aliphatic carbocycles. The number of para-hydroxylation sites is 5. The lowest BCUT2D eigenvalue weighted by molar-refractivity contribution is 0.669. The fourth-order valence-electron chi connectivity index (χ4n) is 10.8. The summed E-state index contributed by atoms with van der Waals surface area (Å²) in [5.74, 6) is 0. The maximum atomic E-state index is 10.4. The molecule has 66 heavy (non-hydrogen) atoms. The van der Waals surface area contributed by atoms with Crippen molar-refractivity contribution in [1.29, 1.82) is 5.26 Å². The van der Waals surface area contributed by atoms with Crippen molar-refractivity contribution in [3.8, 4) is 45.4 Å². The zero-order valence-electron chi connectivity index (χ0n) is 35.5. The van der Waals surface area contributed by atoms with E-state index >= 15 is 0 Å². The van der Waals surface area contributed by atoms with Gasteiger partial charge in [0.05, 0.1) is 50.4 Å². The van der Waals surface area contributed by atoms with E-state index < -0.39 is 0 Å². The van der Waals surface area contributed by atoms with Crippen LogP contribution in [-0.4, -0.2) is 13.7 Å². The smallest absolute Gasteiger partial charge is 0.137 e. The molecule has 0 spiro atoms. The first-order valence-electron chi connectivity index (χ1n) is 22.3. The second-order valence-electron chi connectivity index (χ2n) is 17.2. The first kappa shape index (κ1) is 36.4. The number of benzene rings is 10. The number of hydrogen-bond acceptors (Lipinski definition) is 2. The van der Waals surface area contributed by atoms with Gasteiger partial charge in [0.1, 0.15) is 11.2 Å². The standard InChI is InChI=1S/C61H36N4O/c62-37-40-28-27-39(33-49(40)38-15-3-1-4-16-38)43-30-29-42(34-56(43)65-53-24-12-8-20-45(53)50-35-51-46-21-10-14-26-58(46)66-59(51)36-57(50)65)63-54-25-13-9-22-48(54)60-55(63)32-31-47-44-19-7-11-23-52(44)64(61(47)60)41-17-5-2-6-18-41/h1-36H. The van der Waals surface area contributed by atoms with Gasteiger partial charge in [-0.05, 0) is 83.9 Å². The van der Waals surface area contributed by atoms with Gasteiger partial charge >= 0.3 is 0 Å². The third-order valence-corrected chi connectivity index (χ3v) is 13.7. The van der Waals surface area contributed by atoms with E-state index in [9.17, 15) is 5.26 Å². The van der Waals surface area contributed by atoms with Gasteiger partial charge in [-0.1, -0.05) is 140 Å². The molecular weight excluding hydrogens is 805 g/mol. The fourth-order valence-corrected chi connectivity index (χ4v) is 10.8. The van der Waals surface area contributed by atoms with Crippen molar-refractivity contribution in [2.75, 3.05) is 0 Å². The Bertz CT molecular complexity index is 4350. The average molecular weight is 841 g/mol. The van der Waals surface area contributed by atoms with Gasteiger partial charge in [0.15, 0.2) is 0 Å². The molecule has 5 nitrogen and oxygen atoms in total. The zero-order valence-corrected chi connectivity index (χ0v) is 35.5. The lowest BCUT2D eigenvalue weighted by atomic mass is 9.94. The molecule has 0 saturated heterocycles. The molecule has 0 aliphatic heterocycles. The quantitative estimate of drug-likeness (QED) is 0.173. The van der Waals surface area contributed by atoms with Gasteiger partial charge in [-0.15, -0.1) is 0 Å². The van der Waals surface area contributed by atoms with Crippen LogP contribution in [0.4, 0.5) is 0 Å². The van der Waals surface area contributed by atoms with Crippen LogP contribution >= 0.6 is 0 Å². The highest BCUT2D eigenvalue weighted by molar-refractivity contribution is 6.26. The Labute approximate surface area is 378 Å². The first-order chi connectivity index (χ1) is 32.7. The lowest BCUT2D eigenvalue weighted by Crippen LogP contribution is -2.02. The molecule has 0 radical (unpaired) electrons. The fraction of sp³-hybridized carbons (Fsp3) is 0. The van der Waals surface area contributed by atoms with Crippen LogP contribution in [0.25, 0.3) is 127 Å². The number of aromatic nitrogens is 3. The summed E-state index contributed by atoms with van der Waals surface area (Å²) in [5.41, 5.74) is 16.2. The molecule has 0 aliphatic rings. The van der Waals surface area contributed by atoms with Gasteiger partial charge in [-0.3, -0.25) is 0 Å². The summed E-state index contributed by atoms with van der Waals surface area (Å²) < 4.78 is 13.9. The molecular formula is C61H36N4O. The number of nitrogens with zero attached hydrogens (tertiary/aromatic N) is 4. The van der Waals surface area contributed by atoms with Crippen LogP contribution in [0.1, 0.15) is 5.56 Å². The number of furan rings is 1.